The van der Waals surface area contributed by atoms with Crippen LogP contribution in [0, 0.1) is 5.92 Å². The smallest absolute Gasteiger partial charge is 0.255 e. The lowest BCUT2D eigenvalue weighted by Crippen LogP contribution is -2.34. The van der Waals surface area contributed by atoms with Crippen molar-refractivity contribution in [3.05, 3.63) is 23.8 Å². The number of benzene rings is 1. The number of nitrogens with one attached hydrogen (secondary N) is 1. The predicted molar refractivity (Wildman–Crippen MR) is 70.6 cm³/mol. The molecule has 1 rings (SSSR count). The van der Waals surface area contributed by atoms with Crippen molar-refractivity contribution in [2.75, 3.05) is 19.4 Å². The van der Waals surface area contributed by atoms with Gasteiger partial charge >= 0.3 is 0 Å². The molecular formula is C13H20N2O3. The van der Waals surface area contributed by atoms with Crippen LogP contribution >= 0.6 is 0 Å². The number of amides is 1. The molecule has 0 saturated carbocycles. The van der Waals surface area contributed by atoms with Gasteiger partial charge in [-0.15, -0.1) is 0 Å². The molecule has 0 aromatic heterocycles. The fourth-order valence-electron chi connectivity index (χ4n) is 1.42. The number of nitrogens with two attached hydrogens (primary N) is 1. The highest BCUT2D eigenvalue weighted by Gasteiger charge is 2.15. The van der Waals surface area contributed by atoms with Crippen LogP contribution < -0.4 is 15.8 Å². The number of carbonyl (C=O) groups excluding carboxylic acids is 1. The van der Waals surface area contributed by atoms with Crippen LogP contribution in [-0.2, 0) is 0 Å². The average molecular weight is 252 g/mol. The van der Waals surface area contributed by atoms with Gasteiger partial charge < -0.3 is 20.9 Å². The number of aliphatic hydroxyl groups excluding tert-OH is 1. The van der Waals surface area contributed by atoms with Crippen LogP contribution in [0.25, 0.3) is 0 Å². The molecule has 4 N–H and O–H groups in total. The minimum atomic E-state index is -0.561. The molecule has 1 unspecified atom stereocenters. The van der Waals surface area contributed by atoms with Gasteiger partial charge in [0.2, 0.25) is 0 Å². The first-order valence-electron chi connectivity index (χ1n) is 5.85. The van der Waals surface area contributed by atoms with E-state index < -0.39 is 6.10 Å². The molecule has 0 aliphatic heterocycles. The molecule has 1 atom stereocenters. The maximum atomic E-state index is 11.9. The fraction of sp³-hybridized carbons (Fsp3) is 0.462. The molecule has 0 bridgehead atoms. The van der Waals surface area contributed by atoms with Gasteiger partial charge in [-0.25, -0.2) is 0 Å². The molecule has 0 saturated heterocycles. The molecule has 1 aromatic rings. The summed E-state index contributed by atoms with van der Waals surface area (Å²) in [4.78, 5) is 11.9. The molecule has 0 aliphatic rings. The van der Waals surface area contributed by atoms with Crippen LogP contribution in [0.2, 0.25) is 0 Å². The number of ether oxygens (including phenoxy) is 1. The zero-order chi connectivity index (χ0) is 13.7. The Kier molecular flexibility index (Phi) is 4.97. The number of rotatable bonds is 5. The van der Waals surface area contributed by atoms with Crippen molar-refractivity contribution < 1.29 is 14.6 Å². The quantitative estimate of drug-likeness (QED) is 0.683. The third kappa shape index (κ3) is 3.63. The minimum absolute atomic E-state index is 0.0959. The van der Waals surface area contributed by atoms with Crippen LogP contribution in [0.5, 0.6) is 5.75 Å². The second kappa shape index (κ2) is 6.26. The number of aliphatic hydroxyl groups is 1. The normalized spacial score (nSPS) is 12.3. The molecule has 18 heavy (non-hydrogen) atoms. The van der Waals surface area contributed by atoms with Gasteiger partial charge in [0.1, 0.15) is 5.75 Å². The number of anilines is 1. The van der Waals surface area contributed by atoms with Crippen LogP contribution in [-0.4, -0.2) is 30.8 Å². The zero-order valence-corrected chi connectivity index (χ0v) is 10.9. The SMILES string of the molecule is COc1cc(N)ccc1C(=O)NCC(O)C(C)C. The first-order valence-corrected chi connectivity index (χ1v) is 5.85. The summed E-state index contributed by atoms with van der Waals surface area (Å²) < 4.78 is 5.10. The van der Waals surface area contributed by atoms with Gasteiger partial charge in [0.15, 0.2) is 0 Å². The summed E-state index contributed by atoms with van der Waals surface area (Å²) in [6.45, 7) is 3.99. The highest BCUT2D eigenvalue weighted by Crippen LogP contribution is 2.21. The van der Waals surface area contributed by atoms with Gasteiger partial charge in [-0.1, -0.05) is 13.8 Å². The molecule has 0 fully saturated rings. The average Bonchev–Trinajstić information content (AvgIpc) is 2.34. The Bertz CT molecular complexity index is 419. The van der Waals surface area contributed by atoms with E-state index >= 15 is 0 Å². The van der Waals surface area contributed by atoms with Crippen LogP contribution in [0.15, 0.2) is 18.2 Å². The topological polar surface area (TPSA) is 84.6 Å². The van der Waals surface area contributed by atoms with E-state index in [4.69, 9.17) is 10.5 Å². The summed E-state index contributed by atoms with van der Waals surface area (Å²) >= 11 is 0. The summed E-state index contributed by atoms with van der Waals surface area (Å²) in [6.07, 6.45) is -0.561. The third-order valence-corrected chi connectivity index (χ3v) is 2.71. The molecule has 1 aromatic carbocycles. The van der Waals surface area contributed by atoms with Crippen molar-refractivity contribution in [1.29, 1.82) is 0 Å². The molecule has 100 valence electrons. The number of nitrogen functional groups attached to an aromatic ring is 1. The highest BCUT2D eigenvalue weighted by atomic mass is 16.5. The van der Waals surface area contributed by atoms with E-state index in [0.717, 1.165) is 0 Å². The van der Waals surface area contributed by atoms with E-state index in [-0.39, 0.29) is 18.4 Å². The van der Waals surface area contributed by atoms with Crippen molar-refractivity contribution in [2.45, 2.75) is 20.0 Å². The van der Waals surface area contributed by atoms with Crippen LogP contribution in [0.3, 0.4) is 0 Å². The highest BCUT2D eigenvalue weighted by molar-refractivity contribution is 5.97. The molecule has 5 heteroatoms. The van der Waals surface area contributed by atoms with Crippen LogP contribution in [0.1, 0.15) is 24.2 Å². The molecule has 0 aliphatic carbocycles. The first kappa shape index (κ1) is 14.3. The van der Waals surface area contributed by atoms with Crippen molar-refractivity contribution in [3.63, 3.8) is 0 Å². The van der Waals surface area contributed by atoms with Gasteiger partial charge in [0.05, 0.1) is 18.8 Å². The lowest BCUT2D eigenvalue weighted by Gasteiger charge is -2.16. The maximum Gasteiger partial charge on any atom is 0.255 e. The Morgan fingerprint density at radius 1 is 1.50 bits per heavy atom. The van der Waals surface area contributed by atoms with E-state index in [1.165, 1.54) is 7.11 Å². The van der Waals surface area contributed by atoms with E-state index in [9.17, 15) is 9.90 Å². The van der Waals surface area contributed by atoms with Crippen LogP contribution in [0.4, 0.5) is 5.69 Å². The third-order valence-electron chi connectivity index (χ3n) is 2.71. The van der Waals surface area contributed by atoms with Crippen molar-refractivity contribution in [2.24, 2.45) is 5.92 Å². The fourth-order valence-corrected chi connectivity index (χ4v) is 1.42. The van der Waals surface area contributed by atoms with E-state index in [2.05, 4.69) is 5.32 Å². The van der Waals surface area contributed by atoms with Crippen molar-refractivity contribution in [1.82, 2.24) is 5.32 Å². The number of hydrogen-bond acceptors (Lipinski definition) is 4. The number of hydrogen-bond donors (Lipinski definition) is 3. The summed E-state index contributed by atoms with van der Waals surface area (Å²) in [5, 5.41) is 12.3. The second-order valence-corrected chi connectivity index (χ2v) is 4.48. The Labute approximate surface area is 107 Å². The minimum Gasteiger partial charge on any atom is -0.496 e. The summed E-state index contributed by atoms with van der Waals surface area (Å²) in [5.74, 6) is 0.233. The molecule has 5 nitrogen and oxygen atoms in total. The Hall–Kier alpha value is -1.75. The van der Waals surface area contributed by atoms with Crippen molar-refractivity contribution in [3.8, 4) is 5.75 Å². The zero-order valence-electron chi connectivity index (χ0n) is 10.9. The summed E-state index contributed by atoms with van der Waals surface area (Å²) in [7, 11) is 1.48. The van der Waals surface area contributed by atoms with Gasteiger partial charge in [-0.2, -0.15) is 0 Å². The number of carbonyl (C=O) groups is 1. The van der Waals surface area contributed by atoms with E-state index in [1.807, 2.05) is 13.8 Å². The summed E-state index contributed by atoms with van der Waals surface area (Å²) in [5.41, 5.74) is 6.55. The van der Waals surface area contributed by atoms with Gasteiger partial charge in [0.25, 0.3) is 5.91 Å². The Morgan fingerprint density at radius 3 is 2.72 bits per heavy atom. The number of methoxy groups -OCH3 is 1. The lowest BCUT2D eigenvalue weighted by molar-refractivity contribution is 0.0869. The molecule has 0 radical (unpaired) electrons. The van der Waals surface area contributed by atoms with Gasteiger partial charge in [-0.05, 0) is 18.1 Å². The molecule has 0 heterocycles. The Morgan fingerprint density at radius 2 is 2.17 bits per heavy atom. The standard InChI is InChI=1S/C13H20N2O3/c1-8(2)11(16)7-15-13(17)10-5-4-9(14)6-12(10)18-3/h4-6,8,11,16H,7,14H2,1-3H3,(H,15,17). The first-order chi connectivity index (χ1) is 8.45. The lowest BCUT2D eigenvalue weighted by atomic mass is 10.1. The largest absolute Gasteiger partial charge is 0.496 e. The molecular weight excluding hydrogens is 232 g/mol. The molecule has 0 spiro atoms. The van der Waals surface area contributed by atoms with Gasteiger partial charge in [-0.3, -0.25) is 4.79 Å². The monoisotopic (exact) mass is 252 g/mol. The predicted octanol–water partition coefficient (Wildman–Crippen LogP) is 1.02. The maximum absolute atomic E-state index is 11.9. The van der Waals surface area contributed by atoms with Crippen molar-refractivity contribution >= 4 is 11.6 Å². The summed E-state index contributed by atoms with van der Waals surface area (Å²) in [6, 6.07) is 4.83. The van der Waals surface area contributed by atoms with E-state index in [1.54, 1.807) is 18.2 Å². The second-order valence-electron chi connectivity index (χ2n) is 4.48. The van der Waals surface area contributed by atoms with E-state index in [0.29, 0.717) is 17.0 Å². The molecule has 1 amide bonds. The Balaban J connectivity index is 2.72. The van der Waals surface area contributed by atoms with Gasteiger partial charge in [0, 0.05) is 18.3 Å².